The van der Waals surface area contributed by atoms with Crippen molar-refractivity contribution in [2.24, 2.45) is 11.1 Å². The first-order valence-corrected chi connectivity index (χ1v) is 9.56. The van der Waals surface area contributed by atoms with Crippen molar-refractivity contribution in [1.82, 2.24) is 4.90 Å². The number of anilines is 1. The number of amides is 2. The van der Waals surface area contributed by atoms with Gasteiger partial charge in [0.1, 0.15) is 0 Å². The lowest BCUT2D eigenvalue weighted by molar-refractivity contribution is -0.127. The molecule has 0 saturated carbocycles. The number of nitrogens with one attached hydrogen (secondary N) is 1. The molecule has 0 aromatic heterocycles. The Labute approximate surface area is 151 Å². The molecular weight excluding hydrogens is 354 g/mol. The Morgan fingerprint density at radius 1 is 1.12 bits per heavy atom. The lowest BCUT2D eigenvalue weighted by Crippen LogP contribution is -2.30. The summed E-state index contributed by atoms with van der Waals surface area (Å²) < 4.78 is 22.6. The van der Waals surface area contributed by atoms with E-state index < -0.39 is 15.9 Å². The van der Waals surface area contributed by atoms with E-state index in [1.807, 2.05) is 30.3 Å². The van der Waals surface area contributed by atoms with Crippen LogP contribution >= 0.6 is 0 Å². The van der Waals surface area contributed by atoms with Gasteiger partial charge in [-0.25, -0.2) is 13.6 Å². The van der Waals surface area contributed by atoms with E-state index in [0.717, 1.165) is 5.56 Å². The SMILES string of the molecule is CN1C(=O)C[C@H](C(=O)Nc2ccc(S(N)(=O)=O)cc2)[C@@H]1c1ccccc1. The Bertz CT molecular complexity index is 927. The second kappa shape index (κ2) is 6.89. The summed E-state index contributed by atoms with van der Waals surface area (Å²) in [5, 5.41) is 7.81. The summed E-state index contributed by atoms with van der Waals surface area (Å²) in [6, 6.07) is 14.6. The number of nitrogens with zero attached hydrogens (tertiary/aromatic N) is 1. The molecule has 0 bridgehead atoms. The van der Waals surface area contributed by atoms with E-state index in [0.29, 0.717) is 5.69 Å². The predicted octanol–water partition coefficient (Wildman–Crippen LogP) is 1.49. The van der Waals surface area contributed by atoms with Crippen LogP contribution in [0.25, 0.3) is 0 Å². The van der Waals surface area contributed by atoms with Crippen LogP contribution in [0.3, 0.4) is 0 Å². The van der Waals surface area contributed by atoms with E-state index in [9.17, 15) is 18.0 Å². The summed E-state index contributed by atoms with van der Waals surface area (Å²) in [6.07, 6.45) is 0.122. The minimum absolute atomic E-state index is 0.0339. The number of carbonyl (C=O) groups is 2. The molecule has 1 fully saturated rings. The van der Waals surface area contributed by atoms with Crippen LogP contribution in [-0.4, -0.2) is 32.2 Å². The molecule has 2 aromatic carbocycles. The molecule has 1 aliphatic heterocycles. The van der Waals surface area contributed by atoms with Crippen molar-refractivity contribution >= 4 is 27.5 Å². The number of hydrogen-bond donors (Lipinski definition) is 2. The van der Waals surface area contributed by atoms with Gasteiger partial charge in [0, 0.05) is 19.2 Å². The first-order chi connectivity index (χ1) is 12.3. The predicted molar refractivity (Wildman–Crippen MR) is 96.5 cm³/mol. The molecule has 1 heterocycles. The van der Waals surface area contributed by atoms with Crippen LogP contribution in [0.5, 0.6) is 0 Å². The monoisotopic (exact) mass is 373 g/mol. The zero-order valence-corrected chi connectivity index (χ0v) is 14.9. The lowest BCUT2D eigenvalue weighted by Gasteiger charge is -2.25. The fraction of sp³-hybridized carbons (Fsp3) is 0.222. The van der Waals surface area contributed by atoms with Crippen molar-refractivity contribution in [3.8, 4) is 0 Å². The van der Waals surface area contributed by atoms with E-state index in [-0.39, 0.29) is 29.2 Å². The molecule has 0 aliphatic carbocycles. The minimum Gasteiger partial charge on any atom is -0.338 e. The number of likely N-dealkylation sites (tertiary alicyclic amines) is 1. The van der Waals surface area contributed by atoms with Crippen molar-refractivity contribution in [2.45, 2.75) is 17.4 Å². The third kappa shape index (κ3) is 3.61. The summed E-state index contributed by atoms with van der Waals surface area (Å²) >= 11 is 0. The van der Waals surface area contributed by atoms with Gasteiger partial charge < -0.3 is 10.2 Å². The maximum atomic E-state index is 12.7. The van der Waals surface area contributed by atoms with Crippen molar-refractivity contribution in [3.63, 3.8) is 0 Å². The molecule has 0 radical (unpaired) electrons. The largest absolute Gasteiger partial charge is 0.338 e. The van der Waals surface area contributed by atoms with Crippen LogP contribution in [-0.2, 0) is 19.6 Å². The Morgan fingerprint density at radius 3 is 2.31 bits per heavy atom. The fourth-order valence-electron chi connectivity index (χ4n) is 3.17. The van der Waals surface area contributed by atoms with Gasteiger partial charge in [0.25, 0.3) is 0 Å². The molecule has 3 N–H and O–H groups in total. The highest BCUT2D eigenvalue weighted by atomic mass is 32.2. The highest BCUT2D eigenvalue weighted by molar-refractivity contribution is 7.89. The van der Waals surface area contributed by atoms with Crippen molar-refractivity contribution in [2.75, 3.05) is 12.4 Å². The lowest BCUT2D eigenvalue weighted by atomic mass is 9.93. The Balaban J connectivity index is 1.81. The number of hydrogen-bond acceptors (Lipinski definition) is 4. The van der Waals surface area contributed by atoms with Crippen LogP contribution in [0.4, 0.5) is 5.69 Å². The summed E-state index contributed by atoms with van der Waals surface area (Å²) in [5.74, 6) is -0.920. The Kier molecular flexibility index (Phi) is 4.80. The zero-order chi connectivity index (χ0) is 18.9. The highest BCUT2D eigenvalue weighted by Crippen LogP contribution is 2.37. The average Bonchev–Trinajstić information content (AvgIpc) is 2.91. The molecule has 0 spiro atoms. The van der Waals surface area contributed by atoms with Gasteiger partial charge in [-0.05, 0) is 29.8 Å². The average molecular weight is 373 g/mol. The van der Waals surface area contributed by atoms with Crippen molar-refractivity contribution in [1.29, 1.82) is 0 Å². The van der Waals surface area contributed by atoms with E-state index in [1.165, 1.54) is 24.3 Å². The smallest absolute Gasteiger partial charge is 0.238 e. The van der Waals surface area contributed by atoms with E-state index in [2.05, 4.69) is 5.32 Å². The summed E-state index contributed by atoms with van der Waals surface area (Å²) in [7, 11) is -2.10. The standard InChI is InChI=1S/C18H19N3O4S/c1-21-16(22)11-15(17(21)12-5-3-2-4-6-12)18(23)20-13-7-9-14(10-8-13)26(19,24)25/h2-10,15,17H,11H2,1H3,(H,20,23)(H2,19,24,25)/t15-,17-/m0/s1. The number of sulfonamides is 1. The number of benzene rings is 2. The second-order valence-corrected chi connectivity index (χ2v) is 7.79. The third-order valence-corrected chi connectivity index (χ3v) is 5.44. The first kappa shape index (κ1) is 18.1. The van der Waals surface area contributed by atoms with E-state index in [4.69, 9.17) is 5.14 Å². The number of carbonyl (C=O) groups excluding carboxylic acids is 2. The fourth-order valence-corrected chi connectivity index (χ4v) is 3.69. The molecule has 8 heteroatoms. The quantitative estimate of drug-likeness (QED) is 0.846. The minimum atomic E-state index is -3.79. The summed E-state index contributed by atoms with van der Waals surface area (Å²) in [4.78, 5) is 26.4. The molecular formula is C18H19N3O4S. The molecule has 1 aliphatic rings. The van der Waals surface area contributed by atoms with Crippen molar-refractivity contribution < 1.29 is 18.0 Å². The van der Waals surface area contributed by atoms with Gasteiger partial charge in [-0.2, -0.15) is 0 Å². The summed E-state index contributed by atoms with van der Waals surface area (Å²) in [5.41, 5.74) is 1.33. The van der Waals surface area contributed by atoms with Crippen LogP contribution in [0.15, 0.2) is 59.5 Å². The van der Waals surface area contributed by atoms with Crippen LogP contribution in [0, 0.1) is 5.92 Å². The molecule has 0 unspecified atom stereocenters. The topological polar surface area (TPSA) is 110 Å². The van der Waals surface area contributed by atoms with Gasteiger partial charge in [0.05, 0.1) is 16.9 Å². The Morgan fingerprint density at radius 2 is 1.73 bits per heavy atom. The van der Waals surface area contributed by atoms with Gasteiger partial charge >= 0.3 is 0 Å². The van der Waals surface area contributed by atoms with Gasteiger partial charge in [0.2, 0.25) is 21.8 Å². The number of rotatable bonds is 4. The zero-order valence-electron chi connectivity index (χ0n) is 14.1. The maximum Gasteiger partial charge on any atom is 0.238 e. The first-order valence-electron chi connectivity index (χ1n) is 8.01. The third-order valence-electron chi connectivity index (χ3n) is 4.51. The second-order valence-electron chi connectivity index (χ2n) is 6.23. The van der Waals surface area contributed by atoms with Gasteiger partial charge in [-0.15, -0.1) is 0 Å². The molecule has 26 heavy (non-hydrogen) atoms. The molecule has 7 nitrogen and oxygen atoms in total. The van der Waals surface area contributed by atoms with E-state index >= 15 is 0 Å². The number of primary sulfonamides is 1. The molecule has 3 rings (SSSR count). The van der Waals surface area contributed by atoms with Gasteiger partial charge in [0.15, 0.2) is 0 Å². The Hall–Kier alpha value is -2.71. The molecule has 136 valence electrons. The summed E-state index contributed by atoms with van der Waals surface area (Å²) in [6.45, 7) is 0. The molecule has 2 aromatic rings. The van der Waals surface area contributed by atoms with Gasteiger partial charge in [-0.3, -0.25) is 9.59 Å². The maximum absolute atomic E-state index is 12.7. The van der Waals surface area contributed by atoms with E-state index in [1.54, 1.807) is 11.9 Å². The van der Waals surface area contributed by atoms with Crippen LogP contribution in [0.2, 0.25) is 0 Å². The van der Waals surface area contributed by atoms with Gasteiger partial charge in [-0.1, -0.05) is 30.3 Å². The molecule has 2 atom stereocenters. The number of nitrogens with two attached hydrogens (primary N) is 1. The highest BCUT2D eigenvalue weighted by Gasteiger charge is 2.42. The molecule has 1 saturated heterocycles. The van der Waals surface area contributed by atoms with Crippen LogP contribution < -0.4 is 10.5 Å². The van der Waals surface area contributed by atoms with Crippen LogP contribution in [0.1, 0.15) is 18.0 Å². The normalized spacial score (nSPS) is 20.2. The molecule has 2 amide bonds. The van der Waals surface area contributed by atoms with Crippen molar-refractivity contribution in [3.05, 3.63) is 60.2 Å².